The highest BCUT2D eigenvalue weighted by molar-refractivity contribution is 6.00. The molecule has 1 aliphatic heterocycles. The van der Waals surface area contributed by atoms with Gasteiger partial charge in [-0.2, -0.15) is 0 Å². The Balaban J connectivity index is 1.53. The van der Waals surface area contributed by atoms with E-state index >= 15 is 0 Å². The molecular weight excluding hydrogens is 394 g/mol. The van der Waals surface area contributed by atoms with E-state index in [1.54, 1.807) is 29.2 Å². The lowest BCUT2D eigenvalue weighted by Gasteiger charge is -2.17. The molecule has 2 N–H and O–H groups in total. The molecule has 7 nitrogen and oxygen atoms in total. The maximum atomic E-state index is 12.4. The summed E-state index contributed by atoms with van der Waals surface area (Å²) in [5.74, 6) is -0.188. The predicted molar refractivity (Wildman–Crippen MR) is 120 cm³/mol. The lowest BCUT2D eigenvalue weighted by atomic mass is 10.1. The van der Waals surface area contributed by atoms with Crippen LogP contribution in [-0.4, -0.2) is 37.4 Å². The van der Waals surface area contributed by atoms with Crippen molar-refractivity contribution >= 4 is 29.1 Å². The Morgan fingerprint density at radius 1 is 1.13 bits per heavy atom. The van der Waals surface area contributed by atoms with Crippen LogP contribution < -0.4 is 20.3 Å². The first-order chi connectivity index (χ1) is 14.9. The maximum absolute atomic E-state index is 12.4. The van der Waals surface area contributed by atoms with Crippen LogP contribution in [-0.2, 0) is 14.4 Å². The van der Waals surface area contributed by atoms with Gasteiger partial charge in [-0.15, -0.1) is 0 Å². The standard InChI is InChI=1S/C24H29N3O4/c1-4-11-25-24(30)18-13-23(29)27(14-18)19-7-9-20(10-8-19)31-15-22(28)26-21-12-16(2)5-6-17(21)3/h5-10,12,18H,4,11,13-15H2,1-3H3,(H,25,30)(H,26,28)/t18-/m0/s1. The third-order valence-electron chi connectivity index (χ3n) is 5.23. The second-order valence-electron chi connectivity index (χ2n) is 7.85. The average molecular weight is 424 g/mol. The summed E-state index contributed by atoms with van der Waals surface area (Å²) < 4.78 is 5.58. The number of anilines is 2. The van der Waals surface area contributed by atoms with Crippen LogP contribution in [0.2, 0.25) is 0 Å². The summed E-state index contributed by atoms with van der Waals surface area (Å²) in [6, 6.07) is 12.8. The van der Waals surface area contributed by atoms with E-state index < -0.39 is 0 Å². The molecule has 0 spiro atoms. The fraction of sp³-hybridized carbons (Fsp3) is 0.375. The molecule has 0 saturated carbocycles. The van der Waals surface area contributed by atoms with Crippen molar-refractivity contribution in [1.29, 1.82) is 0 Å². The van der Waals surface area contributed by atoms with Crippen LogP contribution in [0.15, 0.2) is 42.5 Å². The van der Waals surface area contributed by atoms with Gasteiger partial charge in [0, 0.05) is 30.9 Å². The van der Waals surface area contributed by atoms with Crippen molar-refractivity contribution in [2.45, 2.75) is 33.6 Å². The first-order valence-corrected chi connectivity index (χ1v) is 10.6. The van der Waals surface area contributed by atoms with Gasteiger partial charge in [0.25, 0.3) is 5.91 Å². The number of ether oxygens (including phenoxy) is 1. The summed E-state index contributed by atoms with van der Waals surface area (Å²) >= 11 is 0. The monoisotopic (exact) mass is 423 g/mol. The van der Waals surface area contributed by atoms with E-state index in [9.17, 15) is 14.4 Å². The van der Waals surface area contributed by atoms with Gasteiger partial charge in [-0.1, -0.05) is 19.1 Å². The van der Waals surface area contributed by atoms with Gasteiger partial charge in [-0.25, -0.2) is 0 Å². The topological polar surface area (TPSA) is 87.7 Å². The molecule has 3 rings (SSSR count). The zero-order chi connectivity index (χ0) is 22.4. The number of carbonyl (C=O) groups excluding carboxylic acids is 3. The van der Waals surface area contributed by atoms with Gasteiger partial charge < -0.3 is 20.3 Å². The molecule has 31 heavy (non-hydrogen) atoms. The Hall–Kier alpha value is -3.35. The number of benzene rings is 2. The minimum absolute atomic E-state index is 0.0711. The maximum Gasteiger partial charge on any atom is 0.262 e. The van der Waals surface area contributed by atoms with Crippen molar-refractivity contribution in [3.63, 3.8) is 0 Å². The molecule has 3 amide bonds. The zero-order valence-electron chi connectivity index (χ0n) is 18.2. The van der Waals surface area contributed by atoms with Crippen molar-refractivity contribution in [2.75, 3.05) is 29.9 Å². The van der Waals surface area contributed by atoms with E-state index in [1.165, 1.54) is 0 Å². The van der Waals surface area contributed by atoms with Gasteiger partial charge >= 0.3 is 0 Å². The normalized spacial score (nSPS) is 15.6. The van der Waals surface area contributed by atoms with Gasteiger partial charge in [-0.05, 0) is 61.7 Å². The average Bonchev–Trinajstić information content (AvgIpc) is 3.15. The molecule has 1 atom stereocenters. The van der Waals surface area contributed by atoms with Crippen molar-refractivity contribution in [3.8, 4) is 5.75 Å². The number of nitrogens with one attached hydrogen (secondary N) is 2. The van der Waals surface area contributed by atoms with Crippen molar-refractivity contribution in [3.05, 3.63) is 53.6 Å². The molecule has 2 aromatic rings. The lowest BCUT2D eigenvalue weighted by Crippen LogP contribution is -2.33. The molecule has 1 fully saturated rings. The minimum atomic E-state index is -0.330. The molecule has 164 valence electrons. The van der Waals surface area contributed by atoms with Gasteiger partial charge in [0.1, 0.15) is 5.75 Å². The van der Waals surface area contributed by atoms with Crippen LogP contribution in [0.5, 0.6) is 5.75 Å². The van der Waals surface area contributed by atoms with Gasteiger partial charge in [0.2, 0.25) is 11.8 Å². The van der Waals surface area contributed by atoms with Crippen LogP contribution >= 0.6 is 0 Å². The van der Waals surface area contributed by atoms with Crippen molar-refractivity contribution in [2.24, 2.45) is 5.92 Å². The summed E-state index contributed by atoms with van der Waals surface area (Å²) in [4.78, 5) is 38.3. The Labute approximate surface area is 182 Å². The highest BCUT2D eigenvalue weighted by Gasteiger charge is 2.34. The summed E-state index contributed by atoms with van der Waals surface area (Å²) in [5, 5.41) is 5.71. The van der Waals surface area contributed by atoms with Crippen LogP contribution in [0.3, 0.4) is 0 Å². The molecule has 0 bridgehead atoms. The van der Waals surface area contributed by atoms with E-state index in [2.05, 4.69) is 10.6 Å². The molecule has 2 aromatic carbocycles. The second-order valence-corrected chi connectivity index (χ2v) is 7.85. The van der Waals surface area contributed by atoms with E-state index in [1.807, 2.05) is 39.0 Å². The molecule has 1 heterocycles. The van der Waals surface area contributed by atoms with E-state index in [-0.39, 0.29) is 36.7 Å². The van der Waals surface area contributed by atoms with E-state index in [0.717, 1.165) is 23.2 Å². The van der Waals surface area contributed by atoms with E-state index in [0.29, 0.717) is 24.5 Å². The third-order valence-corrected chi connectivity index (χ3v) is 5.23. The van der Waals surface area contributed by atoms with Crippen LogP contribution in [0.4, 0.5) is 11.4 Å². The number of carbonyl (C=O) groups is 3. The number of amides is 3. The first-order valence-electron chi connectivity index (χ1n) is 10.6. The fourth-order valence-corrected chi connectivity index (χ4v) is 3.45. The Bertz CT molecular complexity index is 956. The minimum Gasteiger partial charge on any atom is -0.484 e. The second kappa shape index (κ2) is 10.1. The van der Waals surface area contributed by atoms with Crippen LogP contribution in [0, 0.1) is 19.8 Å². The molecule has 0 radical (unpaired) electrons. The van der Waals surface area contributed by atoms with Gasteiger partial charge in [0.15, 0.2) is 6.61 Å². The van der Waals surface area contributed by atoms with Gasteiger partial charge in [-0.3, -0.25) is 14.4 Å². The lowest BCUT2D eigenvalue weighted by molar-refractivity contribution is -0.126. The zero-order valence-corrected chi connectivity index (χ0v) is 18.2. The highest BCUT2D eigenvalue weighted by atomic mass is 16.5. The number of rotatable bonds is 8. The summed E-state index contributed by atoms with van der Waals surface area (Å²) in [6.45, 7) is 6.77. The van der Waals surface area contributed by atoms with Crippen molar-refractivity contribution < 1.29 is 19.1 Å². The van der Waals surface area contributed by atoms with Crippen LogP contribution in [0.25, 0.3) is 0 Å². The van der Waals surface area contributed by atoms with E-state index in [4.69, 9.17) is 4.74 Å². The Kier molecular flexibility index (Phi) is 7.28. The van der Waals surface area contributed by atoms with Gasteiger partial charge in [0.05, 0.1) is 5.92 Å². The Morgan fingerprint density at radius 3 is 2.58 bits per heavy atom. The summed E-state index contributed by atoms with van der Waals surface area (Å²) in [6.07, 6.45) is 1.08. The SMILES string of the molecule is CCCNC(=O)[C@H]1CC(=O)N(c2ccc(OCC(=O)Nc3cc(C)ccc3C)cc2)C1. The molecule has 7 heteroatoms. The molecule has 1 aliphatic rings. The summed E-state index contributed by atoms with van der Waals surface area (Å²) in [7, 11) is 0. The number of hydrogen-bond donors (Lipinski definition) is 2. The fourth-order valence-electron chi connectivity index (χ4n) is 3.45. The first kappa shape index (κ1) is 22.3. The number of aryl methyl sites for hydroxylation is 2. The molecule has 1 saturated heterocycles. The highest BCUT2D eigenvalue weighted by Crippen LogP contribution is 2.27. The molecule has 0 aromatic heterocycles. The third kappa shape index (κ3) is 5.84. The molecule has 0 aliphatic carbocycles. The summed E-state index contributed by atoms with van der Waals surface area (Å²) in [5.41, 5.74) is 3.54. The predicted octanol–water partition coefficient (Wildman–Crippen LogP) is 3.20. The molecular formula is C24H29N3O4. The number of nitrogens with zero attached hydrogens (tertiary/aromatic N) is 1. The Morgan fingerprint density at radius 2 is 1.87 bits per heavy atom. The van der Waals surface area contributed by atoms with Crippen molar-refractivity contribution in [1.82, 2.24) is 5.32 Å². The largest absolute Gasteiger partial charge is 0.484 e. The molecule has 0 unspecified atom stereocenters. The van der Waals surface area contributed by atoms with Crippen LogP contribution in [0.1, 0.15) is 30.9 Å². The number of hydrogen-bond acceptors (Lipinski definition) is 4. The smallest absolute Gasteiger partial charge is 0.262 e. The quantitative estimate of drug-likeness (QED) is 0.683.